The van der Waals surface area contributed by atoms with Crippen molar-refractivity contribution in [3.05, 3.63) is 61.0 Å². The highest BCUT2D eigenvalue weighted by atomic mass is 16.2. The Morgan fingerprint density at radius 2 is 1.24 bits per heavy atom. The zero-order valence-electron chi connectivity index (χ0n) is 18.1. The van der Waals surface area contributed by atoms with E-state index in [0.717, 1.165) is 62.4 Å². The highest BCUT2D eigenvalue weighted by Gasteiger charge is 2.16. The quantitative estimate of drug-likeness (QED) is 0.396. The smallest absolute Gasteiger partial charge is 0.247 e. The Labute approximate surface area is 172 Å². The predicted octanol–water partition coefficient (Wildman–Crippen LogP) is 3.83. The van der Waals surface area contributed by atoms with Crippen molar-refractivity contribution in [1.29, 1.82) is 0 Å². The average Bonchev–Trinajstić information content (AvgIpc) is 2.69. The van der Waals surface area contributed by atoms with Gasteiger partial charge in [0.05, 0.1) is 5.70 Å². The Morgan fingerprint density at radius 3 is 1.72 bits per heavy atom. The summed E-state index contributed by atoms with van der Waals surface area (Å²) in [5, 5.41) is 0. The van der Waals surface area contributed by atoms with E-state index in [1.54, 1.807) is 6.92 Å². The molecule has 0 aliphatic heterocycles. The molecular weight excluding hydrogens is 366 g/mol. The van der Waals surface area contributed by atoms with E-state index in [1.165, 1.54) is 9.13 Å². The molecule has 1 rings (SSSR count). The third kappa shape index (κ3) is 7.31. The third-order valence-electron chi connectivity index (χ3n) is 4.76. The number of rotatable bonds is 12. The van der Waals surface area contributed by atoms with Gasteiger partial charge in [0, 0.05) is 13.1 Å². The lowest BCUT2D eigenvalue weighted by Gasteiger charge is -2.13. The zero-order valence-corrected chi connectivity index (χ0v) is 18.1. The number of nitrogens with zero attached hydrogens (tertiary/aromatic N) is 3. The Kier molecular flexibility index (Phi) is 11.3. The molecule has 0 unspecified atom stereocenters. The Morgan fingerprint density at radius 1 is 0.759 bits per heavy atom. The normalized spacial score (nSPS) is 10.0. The molecular formula is C23H33N3O3. The van der Waals surface area contributed by atoms with Crippen LogP contribution in [0.4, 0.5) is 0 Å². The maximum absolute atomic E-state index is 12.9. The summed E-state index contributed by atoms with van der Waals surface area (Å²) < 4.78 is 3.33. The number of hydrogen-bond donors (Lipinski definition) is 0. The van der Waals surface area contributed by atoms with Crippen LogP contribution in [0.5, 0.6) is 0 Å². The third-order valence-corrected chi connectivity index (χ3v) is 4.76. The fourth-order valence-corrected chi connectivity index (χ4v) is 3.09. The first-order valence-corrected chi connectivity index (χ1v) is 10.6. The van der Waals surface area contributed by atoms with Crippen LogP contribution in [-0.4, -0.2) is 13.7 Å². The second-order valence-corrected chi connectivity index (χ2v) is 7.10. The molecule has 0 N–H and O–H groups in total. The van der Waals surface area contributed by atoms with Gasteiger partial charge in [0.2, 0.25) is 0 Å². The van der Waals surface area contributed by atoms with Crippen molar-refractivity contribution in [1.82, 2.24) is 13.7 Å². The van der Waals surface area contributed by atoms with Crippen LogP contribution < -0.4 is 17.1 Å². The van der Waals surface area contributed by atoms with Crippen LogP contribution in [0.3, 0.4) is 0 Å². The highest BCUT2D eigenvalue weighted by Crippen LogP contribution is 2.03. The van der Waals surface area contributed by atoms with Crippen LogP contribution >= 0.6 is 0 Å². The second kappa shape index (κ2) is 13.4. The van der Waals surface area contributed by atoms with Gasteiger partial charge in [0.25, 0.3) is 0 Å². The molecule has 0 aliphatic rings. The molecule has 1 aromatic rings. The summed E-state index contributed by atoms with van der Waals surface area (Å²) in [6.07, 6.45) is 8.74. The van der Waals surface area contributed by atoms with E-state index in [9.17, 15) is 14.4 Å². The van der Waals surface area contributed by atoms with Crippen molar-refractivity contribution in [2.45, 2.75) is 91.6 Å². The number of aromatic nitrogens is 3. The SMILES string of the molecule is C=C=C=C=C=C(C)n1c(=O)n(CCCCCC)c(=O)n(CCCCCCC)c1=O. The van der Waals surface area contributed by atoms with Gasteiger partial charge in [-0.3, -0.25) is 0 Å². The second-order valence-electron chi connectivity index (χ2n) is 7.10. The van der Waals surface area contributed by atoms with Gasteiger partial charge in [-0.2, -0.15) is 0 Å². The molecule has 29 heavy (non-hydrogen) atoms. The Bertz CT molecular complexity index is 999. The molecule has 1 heterocycles. The summed E-state index contributed by atoms with van der Waals surface area (Å²) in [7, 11) is 0. The highest BCUT2D eigenvalue weighted by molar-refractivity contribution is 5.39. The average molecular weight is 400 g/mol. The molecule has 6 nitrogen and oxygen atoms in total. The van der Waals surface area contributed by atoms with Gasteiger partial charge < -0.3 is 0 Å². The lowest BCUT2D eigenvalue weighted by molar-refractivity contribution is 0.453. The van der Waals surface area contributed by atoms with Crippen molar-refractivity contribution in [2.75, 3.05) is 0 Å². The van der Waals surface area contributed by atoms with Crippen LogP contribution in [0.15, 0.2) is 43.9 Å². The van der Waals surface area contributed by atoms with Gasteiger partial charge in [0.15, 0.2) is 0 Å². The number of unbranched alkanes of at least 4 members (excludes halogenated alkanes) is 7. The van der Waals surface area contributed by atoms with Crippen molar-refractivity contribution in [3.63, 3.8) is 0 Å². The van der Waals surface area contributed by atoms with Gasteiger partial charge in [-0.25, -0.2) is 28.1 Å². The first kappa shape index (κ1) is 24.3. The minimum Gasteiger partial charge on any atom is -0.247 e. The van der Waals surface area contributed by atoms with Crippen molar-refractivity contribution < 1.29 is 0 Å². The monoisotopic (exact) mass is 399 g/mol. The van der Waals surface area contributed by atoms with Crippen LogP contribution in [-0.2, 0) is 13.1 Å². The molecule has 0 spiro atoms. The Hall–Kier alpha value is -2.73. The fraction of sp³-hybridized carbons (Fsp3) is 0.609. The minimum atomic E-state index is -0.631. The van der Waals surface area contributed by atoms with Gasteiger partial charge in [-0.15, -0.1) is 0 Å². The molecule has 6 heteroatoms. The molecule has 158 valence electrons. The lowest BCUT2D eigenvalue weighted by atomic mass is 10.1. The first-order valence-electron chi connectivity index (χ1n) is 10.6. The van der Waals surface area contributed by atoms with Crippen molar-refractivity contribution in [2.24, 2.45) is 0 Å². The van der Waals surface area contributed by atoms with Crippen LogP contribution in [0.25, 0.3) is 5.70 Å². The number of hydrogen-bond acceptors (Lipinski definition) is 3. The molecule has 0 bridgehead atoms. The van der Waals surface area contributed by atoms with E-state index >= 15 is 0 Å². The van der Waals surface area contributed by atoms with E-state index in [4.69, 9.17) is 0 Å². The summed E-state index contributed by atoms with van der Waals surface area (Å²) in [5.41, 5.74) is 8.63. The molecule has 1 aromatic heterocycles. The summed E-state index contributed by atoms with van der Waals surface area (Å²) >= 11 is 0. The maximum atomic E-state index is 12.9. The lowest BCUT2D eigenvalue weighted by Crippen LogP contribution is -2.54. The predicted molar refractivity (Wildman–Crippen MR) is 117 cm³/mol. The first-order chi connectivity index (χ1) is 14.0. The molecule has 0 aromatic carbocycles. The van der Waals surface area contributed by atoms with Gasteiger partial charge in [0.1, 0.15) is 0 Å². The summed E-state index contributed by atoms with van der Waals surface area (Å²) in [4.78, 5) is 38.7. The van der Waals surface area contributed by atoms with E-state index in [-0.39, 0.29) is 5.70 Å². The Balaban J connectivity index is 3.44. The van der Waals surface area contributed by atoms with Gasteiger partial charge in [-0.05, 0) is 43.5 Å². The van der Waals surface area contributed by atoms with Crippen LogP contribution in [0, 0.1) is 0 Å². The van der Waals surface area contributed by atoms with Crippen LogP contribution in [0.1, 0.15) is 78.6 Å². The summed E-state index contributed by atoms with van der Waals surface area (Å²) in [5.74, 6) is 0. The molecule has 0 atom stereocenters. The molecule has 0 saturated carbocycles. The topological polar surface area (TPSA) is 66.0 Å². The molecule has 0 radical (unpaired) electrons. The molecule has 0 aliphatic carbocycles. The summed E-state index contributed by atoms with van der Waals surface area (Å²) in [6.45, 7) is 9.80. The van der Waals surface area contributed by atoms with Crippen molar-refractivity contribution >= 4 is 5.70 Å². The van der Waals surface area contributed by atoms with Gasteiger partial charge >= 0.3 is 17.1 Å². The fourth-order valence-electron chi connectivity index (χ4n) is 3.09. The van der Waals surface area contributed by atoms with E-state index in [1.807, 2.05) is 0 Å². The van der Waals surface area contributed by atoms with Crippen LogP contribution in [0.2, 0.25) is 0 Å². The minimum absolute atomic E-state index is 0.254. The van der Waals surface area contributed by atoms with E-state index in [0.29, 0.717) is 13.1 Å². The standard InChI is InChI=1S/C23H33N3O3/c1-5-8-11-13-16-19-25-21(27)24(18-15-12-9-6-2)22(28)26(23(25)29)20(4)17-14-10-7-3/h3,5-6,8-9,11-13,15-16,18-19H2,1-2,4H3. The largest absolute Gasteiger partial charge is 0.341 e. The number of allylic oxidation sites excluding steroid dienone is 1. The molecule has 0 amide bonds. The van der Waals surface area contributed by atoms with E-state index in [2.05, 4.69) is 43.4 Å². The maximum Gasteiger partial charge on any atom is 0.341 e. The zero-order chi connectivity index (χ0) is 21.6. The molecule has 0 saturated heterocycles. The van der Waals surface area contributed by atoms with E-state index < -0.39 is 17.1 Å². The van der Waals surface area contributed by atoms with Gasteiger partial charge in [-0.1, -0.05) is 64.5 Å². The molecule has 0 fully saturated rings. The summed E-state index contributed by atoms with van der Waals surface area (Å²) in [6, 6.07) is 0. The van der Waals surface area contributed by atoms with Crippen molar-refractivity contribution in [3.8, 4) is 0 Å².